The molecular formula is C44H26N4. The van der Waals surface area contributed by atoms with E-state index in [1.807, 2.05) is 48.5 Å². The fourth-order valence-corrected chi connectivity index (χ4v) is 7.15. The molecule has 0 saturated heterocycles. The Bertz CT molecular complexity index is 2670. The molecule has 0 bridgehead atoms. The number of hydrogen-bond donors (Lipinski definition) is 0. The maximum absolute atomic E-state index is 9.37. The van der Waals surface area contributed by atoms with Gasteiger partial charge < -0.3 is 9.47 Å². The van der Waals surface area contributed by atoms with E-state index < -0.39 is 0 Å². The van der Waals surface area contributed by atoms with Gasteiger partial charge in [0, 0.05) is 33.5 Å². The van der Waals surface area contributed by atoms with Gasteiger partial charge in [0.05, 0.1) is 34.3 Å². The van der Waals surface area contributed by atoms with Gasteiger partial charge in [0.15, 0.2) is 0 Å². The number of nitriles is 2. The van der Waals surface area contributed by atoms with Crippen LogP contribution >= 0.6 is 0 Å². The van der Waals surface area contributed by atoms with Crippen molar-refractivity contribution in [3.63, 3.8) is 0 Å². The maximum Gasteiger partial charge on any atom is 0.0991 e. The molecule has 0 unspecified atom stereocenters. The van der Waals surface area contributed by atoms with Crippen LogP contribution in [0.3, 0.4) is 0 Å². The van der Waals surface area contributed by atoms with Gasteiger partial charge in [0.1, 0.15) is 0 Å². The van der Waals surface area contributed by atoms with Crippen LogP contribution in [0.25, 0.3) is 60.2 Å². The van der Waals surface area contributed by atoms with E-state index in [1.54, 1.807) is 0 Å². The summed E-state index contributed by atoms with van der Waals surface area (Å²) in [7, 11) is 0. The zero-order chi connectivity index (χ0) is 32.2. The second-order valence-corrected chi connectivity index (χ2v) is 12.1. The summed E-state index contributed by atoms with van der Waals surface area (Å²) in [6, 6.07) is 59.0. The van der Waals surface area contributed by atoms with Crippen LogP contribution < -0.4 is 4.90 Å². The first-order valence-electron chi connectivity index (χ1n) is 15.9. The van der Waals surface area contributed by atoms with Crippen molar-refractivity contribution in [2.24, 2.45) is 0 Å². The molecule has 0 saturated carbocycles. The lowest BCUT2D eigenvalue weighted by molar-refractivity contribution is 1.18. The summed E-state index contributed by atoms with van der Waals surface area (Å²) < 4.78 is 2.38. The molecule has 8 aromatic carbocycles. The Kier molecular flexibility index (Phi) is 6.22. The number of nitrogens with zero attached hydrogens (tertiary/aromatic N) is 4. The predicted molar refractivity (Wildman–Crippen MR) is 197 cm³/mol. The van der Waals surface area contributed by atoms with Crippen molar-refractivity contribution in [3.8, 4) is 29.0 Å². The molecule has 0 N–H and O–H groups in total. The van der Waals surface area contributed by atoms with Crippen molar-refractivity contribution in [2.45, 2.75) is 0 Å². The number of benzene rings is 8. The molecule has 0 aliphatic rings. The number of rotatable bonds is 5. The smallest absolute Gasteiger partial charge is 0.0991 e. The molecule has 0 atom stereocenters. The monoisotopic (exact) mass is 610 g/mol. The molecule has 222 valence electrons. The van der Waals surface area contributed by atoms with Gasteiger partial charge in [-0.15, -0.1) is 0 Å². The van der Waals surface area contributed by atoms with Crippen LogP contribution in [0.1, 0.15) is 11.1 Å². The lowest BCUT2D eigenvalue weighted by Gasteiger charge is -2.26. The SMILES string of the molecule is N#Cc1ccc(N(c2ccc(C#N)cc2)c2ccc3cc(-c4ccc5c6c4ccc4cccc(c46)n5-c4ccccc4)ccc3c2)cc1. The molecule has 1 heterocycles. The molecule has 0 aliphatic heterocycles. The first-order chi connectivity index (χ1) is 23.7. The van der Waals surface area contributed by atoms with Crippen LogP contribution in [0, 0.1) is 22.7 Å². The highest BCUT2D eigenvalue weighted by molar-refractivity contribution is 6.26. The Hall–Kier alpha value is -6.88. The van der Waals surface area contributed by atoms with Crippen LogP contribution in [-0.4, -0.2) is 4.57 Å². The van der Waals surface area contributed by atoms with Gasteiger partial charge in [0.2, 0.25) is 0 Å². The van der Waals surface area contributed by atoms with Crippen molar-refractivity contribution in [2.75, 3.05) is 4.90 Å². The predicted octanol–water partition coefficient (Wildman–Crippen LogP) is 11.4. The third-order valence-electron chi connectivity index (χ3n) is 9.38. The molecule has 9 rings (SSSR count). The Morgan fingerprint density at radius 1 is 0.458 bits per heavy atom. The van der Waals surface area contributed by atoms with Crippen LogP contribution in [0.15, 0.2) is 158 Å². The average Bonchev–Trinajstić information content (AvgIpc) is 3.50. The summed E-state index contributed by atoms with van der Waals surface area (Å²) in [5.74, 6) is 0. The van der Waals surface area contributed by atoms with E-state index in [1.165, 1.54) is 43.7 Å². The van der Waals surface area contributed by atoms with Gasteiger partial charge >= 0.3 is 0 Å². The second kappa shape index (κ2) is 10.9. The minimum absolute atomic E-state index is 0.609. The van der Waals surface area contributed by atoms with Crippen LogP contribution in [0.4, 0.5) is 17.1 Å². The fourth-order valence-electron chi connectivity index (χ4n) is 7.15. The van der Waals surface area contributed by atoms with E-state index in [2.05, 4.69) is 131 Å². The molecule has 0 amide bonds. The minimum Gasteiger partial charge on any atom is -0.310 e. The van der Waals surface area contributed by atoms with Crippen molar-refractivity contribution in [1.82, 2.24) is 4.57 Å². The van der Waals surface area contributed by atoms with E-state index in [4.69, 9.17) is 0 Å². The van der Waals surface area contributed by atoms with Crippen molar-refractivity contribution in [3.05, 3.63) is 169 Å². The Labute approximate surface area is 277 Å². The minimum atomic E-state index is 0.609. The van der Waals surface area contributed by atoms with Crippen molar-refractivity contribution < 1.29 is 0 Å². The Balaban J connectivity index is 1.17. The van der Waals surface area contributed by atoms with E-state index in [9.17, 15) is 10.5 Å². The van der Waals surface area contributed by atoms with Gasteiger partial charge in [0.25, 0.3) is 0 Å². The van der Waals surface area contributed by atoms with Crippen molar-refractivity contribution >= 4 is 60.4 Å². The van der Waals surface area contributed by atoms with E-state index >= 15 is 0 Å². The molecule has 48 heavy (non-hydrogen) atoms. The van der Waals surface area contributed by atoms with Crippen molar-refractivity contribution in [1.29, 1.82) is 10.5 Å². The molecule has 4 heteroatoms. The summed E-state index contributed by atoms with van der Waals surface area (Å²) in [6.45, 7) is 0. The molecule has 0 radical (unpaired) electrons. The number of hydrogen-bond acceptors (Lipinski definition) is 3. The summed E-state index contributed by atoms with van der Waals surface area (Å²) in [6.07, 6.45) is 0. The number of fused-ring (bicyclic) bond motifs is 1. The van der Waals surface area contributed by atoms with E-state index in [0.29, 0.717) is 11.1 Å². The third kappa shape index (κ3) is 4.29. The molecule has 0 fully saturated rings. The van der Waals surface area contributed by atoms with E-state index in [-0.39, 0.29) is 0 Å². The summed E-state index contributed by atoms with van der Waals surface area (Å²) >= 11 is 0. The van der Waals surface area contributed by atoms with Crippen LogP contribution in [0.5, 0.6) is 0 Å². The topological polar surface area (TPSA) is 55.8 Å². The summed E-state index contributed by atoms with van der Waals surface area (Å²) in [5.41, 5.74) is 10.1. The normalized spacial score (nSPS) is 11.3. The lowest BCUT2D eigenvalue weighted by atomic mass is 9.93. The van der Waals surface area contributed by atoms with Gasteiger partial charge in [-0.2, -0.15) is 10.5 Å². The van der Waals surface area contributed by atoms with Gasteiger partial charge in [-0.05, 0) is 124 Å². The third-order valence-corrected chi connectivity index (χ3v) is 9.38. The highest BCUT2D eigenvalue weighted by Gasteiger charge is 2.19. The molecule has 1 aromatic heterocycles. The zero-order valence-electron chi connectivity index (χ0n) is 25.8. The first-order valence-corrected chi connectivity index (χ1v) is 15.9. The maximum atomic E-state index is 9.37. The molecule has 0 aliphatic carbocycles. The standard InChI is InChI=1S/C44H26N4/c45-27-29-9-17-36(18-10-29)47(37-19-11-30(28-46)12-20-37)38-21-15-32-25-34(14-13-33(32)26-38)39-23-24-42-44-40(39)22-16-31-5-4-8-41(43(31)44)48(42)35-6-2-1-3-7-35/h1-26H. The molecule has 9 aromatic rings. The van der Waals surface area contributed by atoms with Gasteiger partial charge in [-0.3, -0.25) is 0 Å². The van der Waals surface area contributed by atoms with Gasteiger partial charge in [-0.1, -0.05) is 66.7 Å². The highest BCUT2D eigenvalue weighted by atomic mass is 15.1. The van der Waals surface area contributed by atoms with Gasteiger partial charge in [-0.25, -0.2) is 0 Å². The summed E-state index contributed by atoms with van der Waals surface area (Å²) in [5, 5.41) is 26.1. The van der Waals surface area contributed by atoms with Crippen LogP contribution in [-0.2, 0) is 0 Å². The quantitative estimate of drug-likeness (QED) is 0.182. The van der Waals surface area contributed by atoms with Crippen LogP contribution in [0.2, 0.25) is 0 Å². The highest BCUT2D eigenvalue weighted by Crippen LogP contribution is 2.43. The second-order valence-electron chi connectivity index (χ2n) is 12.1. The molecular weight excluding hydrogens is 585 g/mol. The fraction of sp³-hybridized carbons (Fsp3) is 0. The molecule has 0 spiro atoms. The molecule has 4 nitrogen and oxygen atoms in total. The first kappa shape index (κ1) is 27.4. The Morgan fingerprint density at radius 3 is 1.79 bits per heavy atom. The lowest BCUT2D eigenvalue weighted by Crippen LogP contribution is -2.09. The average molecular weight is 611 g/mol. The number of aromatic nitrogens is 1. The largest absolute Gasteiger partial charge is 0.310 e. The Morgan fingerprint density at radius 2 is 1.08 bits per heavy atom. The number of anilines is 3. The summed E-state index contributed by atoms with van der Waals surface area (Å²) in [4.78, 5) is 2.15. The van der Waals surface area contributed by atoms with E-state index in [0.717, 1.165) is 33.5 Å². The zero-order valence-corrected chi connectivity index (χ0v) is 25.8. The number of para-hydroxylation sites is 1.